The number of halogens is 1. The highest BCUT2D eigenvalue weighted by atomic mass is 32.1. The number of ether oxygens (including phenoxy) is 4. The molecule has 3 N–H and O–H groups in total. The van der Waals surface area contributed by atoms with Gasteiger partial charge in [-0.25, -0.2) is 14.0 Å². The Hall–Kier alpha value is -6.41. The van der Waals surface area contributed by atoms with E-state index in [2.05, 4.69) is 39.7 Å². The second kappa shape index (κ2) is 17.8. The Morgan fingerprint density at radius 1 is 0.765 bits per heavy atom. The van der Waals surface area contributed by atoms with E-state index in [1.54, 1.807) is 72.7 Å². The van der Waals surface area contributed by atoms with E-state index in [0.717, 1.165) is 27.9 Å². The summed E-state index contributed by atoms with van der Waals surface area (Å²) in [7, 11) is 1.80. The largest absolute Gasteiger partial charge is 0.490 e. The third-order valence-electron chi connectivity index (χ3n) is 6.96. The van der Waals surface area contributed by atoms with Crippen LogP contribution in [0.25, 0.3) is 10.1 Å². The summed E-state index contributed by atoms with van der Waals surface area (Å²) in [6, 6.07) is 26.8. The van der Waals surface area contributed by atoms with Crippen LogP contribution in [0.2, 0.25) is 0 Å². The van der Waals surface area contributed by atoms with Crippen molar-refractivity contribution in [3.05, 3.63) is 122 Å². The Morgan fingerprint density at radius 3 is 2.04 bits per heavy atom. The molecular formula is C37H35FN6O6S. The van der Waals surface area contributed by atoms with Gasteiger partial charge in [0.2, 0.25) is 0 Å². The van der Waals surface area contributed by atoms with Gasteiger partial charge in [0.1, 0.15) is 38.0 Å². The van der Waals surface area contributed by atoms with Crippen LogP contribution in [0.4, 0.5) is 38.5 Å². The van der Waals surface area contributed by atoms with Crippen LogP contribution in [-0.2, 0) is 19.1 Å². The average molecular weight is 711 g/mol. The number of nitrogens with one attached hydrogen (secondary N) is 3. The number of anilines is 4. The first kappa shape index (κ1) is 35.9. The lowest BCUT2D eigenvalue weighted by atomic mass is 10.2. The summed E-state index contributed by atoms with van der Waals surface area (Å²) in [6.45, 7) is 7.42. The normalized spacial score (nSPS) is 10.7. The molecule has 0 saturated carbocycles. The van der Waals surface area contributed by atoms with Gasteiger partial charge in [-0.2, -0.15) is 10.2 Å². The zero-order chi connectivity index (χ0) is 36.0. The Balaban J connectivity index is 1.07. The molecule has 51 heavy (non-hydrogen) atoms. The molecule has 12 nitrogen and oxygen atoms in total. The maximum atomic E-state index is 15.1. The van der Waals surface area contributed by atoms with Gasteiger partial charge in [-0.15, -0.1) is 0 Å². The van der Waals surface area contributed by atoms with Crippen LogP contribution in [0.3, 0.4) is 0 Å². The van der Waals surface area contributed by atoms with E-state index in [-0.39, 0.29) is 32.1 Å². The molecule has 1 heterocycles. The van der Waals surface area contributed by atoms with Crippen molar-refractivity contribution < 1.29 is 32.9 Å². The lowest BCUT2D eigenvalue weighted by molar-refractivity contribution is -0.139. The van der Waals surface area contributed by atoms with Crippen molar-refractivity contribution in [3.63, 3.8) is 0 Å². The molecule has 0 fully saturated rings. The molecular weight excluding hydrogens is 676 g/mol. The first-order valence-corrected chi connectivity index (χ1v) is 16.4. The molecule has 1 aromatic heterocycles. The van der Waals surface area contributed by atoms with Gasteiger partial charge in [0, 0.05) is 30.0 Å². The molecule has 0 unspecified atom stereocenters. The summed E-state index contributed by atoms with van der Waals surface area (Å²) in [5.74, 6) is -0.817. The van der Waals surface area contributed by atoms with Crippen LogP contribution < -0.4 is 30.8 Å². The number of nitrogens with zero attached hydrogens (tertiary/aromatic N) is 3. The minimum absolute atomic E-state index is 0.125. The molecule has 5 rings (SSSR count). The Kier molecular flexibility index (Phi) is 12.5. The van der Waals surface area contributed by atoms with Crippen molar-refractivity contribution >= 4 is 67.5 Å². The number of carbonyl (C=O) groups excluding carboxylic acids is 2. The summed E-state index contributed by atoms with van der Waals surface area (Å²) in [5.41, 5.74) is 12.8. The smallest absolute Gasteiger partial charge is 0.330 e. The van der Waals surface area contributed by atoms with Crippen LogP contribution in [0.15, 0.2) is 127 Å². The SMILES string of the molecule is C=CC(=O)OCCOc1ccc(/N=N/c2ccc(NNc3ccc(N(C)Nc4ccc5cc(OCCOC(=O)C=C)sc5c4)cc3F)cc2)cc1. The van der Waals surface area contributed by atoms with Gasteiger partial charge in [0.25, 0.3) is 0 Å². The van der Waals surface area contributed by atoms with E-state index in [0.29, 0.717) is 33.6 Å². The van der Waals surface area contributed by atoms with E-state index in [9.17, 15) is 9.59 Å². The van der Waals surface area contributed by atoms with E-state index in [1.165, 1.54) is 17.4 Å². The molecule has 0 aliphatic carbocycles. The molecule has 14 heteroatoms. The van der Waals surface area contributed by atoms with Crippen molar-refractivity contribution in [2.45, 2.75) is 0 Å². The second-order valence-electron chi connectivity index (χ2n) is 10.6. The number of fused-ring (bicyclic) bond motifs is 1. The van der Waals surface area contributed by atoms with Crippen molar-refractivity contribution in [1.82, 2.24) is 0 Å². The topological polar surface area (TPSA) is 135 Å². The highest BCUT2D eigenvalue weighted by Crippen LogP contribution is 2.34. The van der Waals surface area contributed by atoms with Crippen LogP contribution in [0, 0.1) is 5.82 Å². The summed E-state index contributed by atoms with van der Waals surface area (Å²) in [6.07, 6.45) is 2.21. The summed E-state index contributed by atoms with van der Waals surface area (Å²) in [4.78, 5) is 22.2. The monoisotopic (exact) mass is 710 g/mol. The summed E-state index contributed by atoms with van der Waals surface area (Å²) < 4.78 is 37.1. The average Bonchev–Trinajstić information content (AvgIpc) is 3.56. The fourth-order valence-electron chi connectivity index (χ4n) is 4.40. The van der Waals surface area contributed by atoms with Gasteiger partial charge >= 0.3 is 11.9 Å². The number of carbonyl (C=O) groups is 2. The number of thiophene rings is 1. The van der Waals surface area contributed by atoms with Crippen LogP contribution in [0.5, 0.6) is 10.8 Å². The number of hydrazine groups is 2. The number of esters is 2. The first-order chi connectivity index (χ1) is 24.8. The summed E-state index contributed by atoms with van der Waals surface area (Å²) in [5, 5.41) is 11.9. The highest BCUT2D eigenvalue weighted by molar-refractivity contribution is 7.20. The quantitative estimate of drug-likeness (QED) is 0.0267. The van der Waals surface area contributed by atoms with Crippen molar-refractivity contribution in [2.24, 2.45) is 10.2 Å². The van der Waals surface area contributed by atoms with Crippen molar-refractivity contribution in [3.8, 4) is 10.8 Å². The number of hydrogen-bond acceptors (Lipinski definition) is 13. The lowest BCUT2D eigenvalue weighted by Crippen LogP contribution is -2.24. The van der Waals surface area contributed by atoms with Crippen LogP contribution >= 0.6 is 11.3 Å². The Morgan fingerprint density at radius 2 is 1.39 bits per heavy atom. The van der Waals surface area contributed by atoms with E-state index < -0.39 is 17.8 Å². The van der Waals surface area contributed by atoms with Gasteiger partial charge in [0.05, 0.1) is 34.1 Å². The predicted octanol–water partition coefficient (Wildman–Crippen LogP) is 8.57. The zero-order valence-corrected chi connectivity index (χ0v) is 28.5. The van der Waals surface area contributed by atoms with Crippen molar-refractivity contribution in [1.29, 1.82) is 0 Å². The number of hydrogen-bond donors (Lipinski definition) is 3. The van der Waals surface area contributed by atoms with Gasteiger partial charge in [-0.3, -0.25) is 15.9 Å². The molecule has 0 radical (unpaired) electrons. The molecule has 4 aromatic carbocycles. The third kappa shape index (κ3) is 10.8. The molecule has 0 spiro atoms. The standard InChI is InChI=1S/C37H35FN6O6S/c1-4-35(45)48-19-18-47-31-15-12-28(13-16-31)40-39-26-8-10-27(11-9-26)41-42-33-17-14-30(24-32(33)38)44(3)43-29-7-6-25-22-37(51-34(25)23-29)50-21-20-49-36(46)5-2/h4-17,22-24,41-43H,1-2,18-21H2,3H3/b40-39+. The Labute approximate surface area is 297 Å². The van der Waals surface area contributed by atoms with Gasteiger partial charge < -0.3 is 24.4 Å². The number of benzene rings is 4. The molecule has 0 bridgehead atoms. The fraction of sp³-hybridized carbons (Fsp3) is 0.135. The predicted molar refractivity (Wildman–Crippen MR) is 198 cm³/mol. The number of rotatable bonds is 18. The highest BCUT2D eigenvalue weighted by Gasteiger charge is 2.10. The minimum atomic E-state index is -0.496. The molecule has 0 saturated heterocycles. The van der Waals surface area contributed by atoms with Gasteiger partial charge in [-0.1, -0.05) is 30.6 Å². The van der Waals surface area contributed by atoms with E-state index >= 15 is 4.39 Å². The van der Waals surface area contributed by atoms with Gasteiger partial charge in [-0.05, 0) is 84.2 Å². The molecule has 5 aromatic rings. The minimum Gasteiger partial charge on any atom is -0.490 e. The van der Waals surface area contributed by atoms with Crippen LogP contribution in [0.1, 0.15) is 0 Å². The van der Waals surface area contributed by atoms with Crippen LogP contribution in [-0.4, -0.2) is 45.4 Å². The molecule has 0 atom stereocenters. The molecule has 262 valence electrons. The number of azo groups is 1. The molecule has 0 aliphatic heterocycles. The van der Waals surface area contributed by atoms with E-state index in [4.69, 9.17) is 18.9 Å². The third-order valence-corrected chi connectivity index (χ3v) is 7.97. The molecule has 0 aliphatic rings. The second-order valence-corrected chi connectivity index (χ2v) is 11.6. The first-order valence-electron chi connectivity index (χ1n) is 15.6. The van der Waals surface area contributed by atoms with Gasteiger partial charge in [0.15, 0.2) is 5.06 Å². The Bertz CT molecular complexity index is 2000. The summed E-state index contributed by atoms with van der Waals surface area (Å²) >= 11 is 1.47. The lowest BCUT2D eigenvalue weighted by Gasteiger charge is -2.22. The maximum Gasteiger partial charge on any atom is 0.330 e. The maximum absolute atomic E-state index is 15.1. The van der Waals surface area contributed by atoms with Crippen molar-refractivity contribution in [2.75, 3.05) is 54.8 Å². The fourth-order valence-corrected chi connectivity index (χ4v) is 5.37. The molecule has 0 amide bonds. The zero-order valence-electron chi connectivity index (χ0n) is 27.6. The van der Waals surface area contributed by atoms with E-state index in [1.807, 2.05) is 24.3 Å².